The summed E-state index contributed by atoms with van der Waals surface area (Å²) in [4.78, 5) is 30.7. The minimum Gasteiger partial charge on any atom is -0.497 e. The molecule has 0 saturated heterocycles. The Hall–Kier alpha value is -5.74. The molecule has 8 aromatic rings. The summed E-state index contributed by atoms with van der Waals surface area (Å²) in [6.07, 6.45) is 0. The Kier molecular flexibility index (Phi) is 18.0. The van der Waals surface area contributed by atoms with Gasteiger partial charge in [-0.05, 0) is 111 Å². The summed E-state index contributed by atoms with van der Waals surface area (Å²) in [6, 6.07) is 27.8. The highest BCUT2D eigenvalue weighted by atomic mass is 32.1. The molecule has 0 N–H and O–H groups in total. The van der Waals surface area contributed by atoms with Crippen molar-refractivity contribution >= 4 is 65.9 Å². The number of anilines is 4. The Morgan fingerprint density at radius 2 is 0.758 bits per heavy atom. The first kappa shape index (κ1) is 51.2. The summed E-state index contributed by atoms with van der Waals surface area (Å²) < 4.78 is 31.2. The number of benzene rings is 4. The molecule has 9 nitrogen and oxygen atoms in total. The van der Waals surface area contributed by atoms with Crippen molar-refractivity contribution in [1.82, 2.24) is 19.9 Å². The molecule has 0 aliphatic rings. The van der Waals surface area contributed by atoms with Crippen LogP contribution in [0.15, 0.2) is 91.0 Å². The van der Waals surface area contributed by atoms with E-state index in [1.165, 1.54) is 44.6 Å². The molecule has 0 spiro atoms. The van der Waals surface area contributed by atoms with Gasteiger partial charge in [0.15, 0.2) is 20.5 Å². The molecular formula is C51H60F2N8OS4. The lowest BCUT2D eigenvalue weighted by atomic mass is 10.0. The number of thiazole rings is 4. The Bertz CT molecular complexity index is 2820. The van der Waals surface area contributed by atoms with E-state index in [0.29, 0.717) is 0 Å². The third-order valence-corrected chi connectivity index (χ3v) is 15.5. The molecule has 0 amide bonds. The van der Waals surface area contributed by atoms with Crippen LogP contribution in [0.5, 0.6) is 5.75 Å². The number of nitrogens with zero attached hydrogens (tertiary/aromatic N) is 8. The fraction of sp³-hybridized carbons (Fsp3) is 0.294. The fourth-order valence-electron chi connectivity index (χ4n) is 6.24. The predicted molar refractivity (Wildman–Crippen MR) is 282 cm³/mol. The molecule has 4 aromatic heterocycles. The molecule has 0 fully saturated rings. The summed E-state index contributed by atoms with van der Waals surface area (Å²) in [5.41, 5.74) is 11.1. The predicted octanol–water partition coefficient (Wildman–Crippen LogP) is 13.6. The molecule has 0 unspecified atom stereocenters. The molecule has 15 heteroatoms. The zero-order valence-electron chi connectivity index (χ0n) is 40.5. The van der Waals surface area contributed by atoms with Gasteiger partial charge in [0.1, 0.15) is 17.4 Å². The number of halogens is 2. The van der Waals surface area contributed by atoms with Gasteiger partial charge in [0.2, 0.25) is 0 Å². The van der Waals surface area contributed by atoms with Crippen molar-refractivity contribution in [1.29, 1.82) is 0 Å². The number of rotatable bonds is 9. The van der Waals surface area contributed by atoms with Gasteiger partial charge in [-0.2, -0.15) is 0 Å². The number of methoxy groups -OCH3 is 1. The van der Waals surface area contributed by atoms with Crippen LogP contribution in [0.25, 0.3) is 41.8 Å². The largest absolute Gasteiger partial charge is 0.497 e. The highest BCUT2D eigenvalue weighted by Gasteiger charge is 2.15. The average Bonchev–Trinajstić information content (AvgIpc) is 4.08. The minimum atomic E-state index is -0.211. The van der Waals surface area contributed by atoms with Crippen LogP contribution in [-0.4, -0.2) is 83.4 Å². The second-order valence-corrected chi connectivity index (χ2v) is 20.2. The normalized spacial score (nSPS) is 10.5. The van der Waals surface area contributed by atoms with Gasteiger partial charge in [-0.3, -0.25) is 0 Å². The molecular weight excluding hydrogens is 907 g/mol. The molecule has 0 aliphatic carbocycles. The summed E-state index contributed by atoms with van der Waals surface area (Å²) in [5, 5.41) is 4.00. The first-order valence-electron chi connectivity index (χ1n) is 21.1. The smallest absolute Gasteiger partial charge is 0.185 e. The van der Waals surface area contributed by atoms with Crippen LogP contribution < -0.4 is 24.3 Å². The molecule has 0 bridgehead atoms. The van der Waals surface area contributed by atoms with Crippen molar-refractivity contribution in [2.24, 2.45) is 0 Å². The fourth-order valence-corrected chi connectivity index (χ4v) is 10.2. The Morgan fingerprint density at radius 3 is 1.12 bits per heavy atom. The van der Waals surface area contributed by atoms with E-state index in [2.05, 4.69) is 69.9 Å². The van der Waals surface area contributed by atoms with Crippen LogP contribution in [0.2, 0.25) is 0 Å². The highest BCUT2D eigenvalue weighted by molar-refractivity contribution is 7.20. The first-order chi connectivity index (χ1) is 31.3. The van der Waals surface area contributed by atoms with Crippen LogP contribution in [0, 0.1) is 53.2 Å². The van der Waals surface area contributed by atoms with Gasteiger partial charge in [-0.25, -0.2) is 28.7 Å². The Morgan fingerprint density at radius 1 is 0.394 bits per heavy atom. The maximum absolute atomic E-state index is 13.1. The van der Waals surface area contributed by atoms with E-state index in [4.69, 9.17) is 4.74 Å². The topological polar surface area (TPSA) is 73.8 Å². The molecule has 0 saturated carbocycles. The molecule has 4 aromatic carbocycles. The summed E-state index contributed by atoms with van der Waals surface area (Å²) in [6.45, 7) is 12.3. The van der Waals surface area contributed by atoms with Crippen molar-refractivity contribution in [2.45, 2.75) is 41.5 Å². The van der Waals surface area contributed by atoms with Gasteiger partial charge >= 0.3 is 0 Å². The Balaban J connectivity index is 0.000000165. The summed E-state index contributed by atoms with van der Waals surface area (Å²) in [5.74, 6) is 0.456. The maximum Gasteiger partial charge on any atom is 0.185 e. The highest BCUT2D eigenvalue weighted by Crippen LogP contribution is 2.37. The molecule has 0 atom stereocenters. The van der Waals surface area contributed by atoms with Gasteiger partial charge in [-0.15, -0.1) is 0 Å². The van der Waals surface area contributed by atoms with E-state index in [-0.39, 0.29) is 11.6 Å². The molecule has 348 valence electrons. The van der Waals surface area contributed by atoms with Crippen molar-refractivity contribution in [3.05, 3.63) is 137 Å². The molecule has 4 heterocycles. The monoisotopic (exact) mass is 966 g/mol. The SMILES string of the molecule is COc1cccc(-c2sc(N(C)C)nc2C)c1.Cc1ccc(-c2sc(N(C)C)nc2C)cc1C.Cc1nc(N(C)C)sc1-c1ccc(F)cc1.Cc1nc(N(C)C)sc1-c1cccc(F)c1. The second kappa shape index (κ2) is 23.1. The third kappa shape index (κ3) is 13.4. The first-order valence-corrected chi connectivity index (χ1v) is 24.4. The number of ether oxygens (including phenoxy) is 1. The second-order valence-electron chi connectivity index (χ2n) is 16.3. The lowest BCUT2D eigenvalue weighted by molar-refractivity contribution is 0.415. The number of aromatic nitrogens is 4. The summed E-state index contributed by atoms with van der Waals surface area (Å²) >= 11 is 6.65. The lowest BCUT2D eigenvalue weighted by Crippen LogP contribution is -2.07. The van der Waals surface area contributed by atoms with Crippen molar-refractivity contribution in [3.63, 3.8) is 0 Å². The average molecular weight is 967 g/mol. The van der Waals surface area contributed by atoms with Gasteiger partial charge < -0.3 is 24.3 Å². The van der Waals surface area contributed by atoms with E-state index in [0.717, 1.165) is 75.5 Å². The zero-order chi connectivity index (χ0) is 48.4. The third-order valence-electron chi connectivity index (χ3n) is 9.97. The van der Waals surface area contributed by atoms with E-state index in [9.17, 15) is 8.78 Å². The van der Waals surface area contributed by atoms with Crippen molar-refractivity contribution in [2.75, 3.05) is 83.1 Å². The molecule has 0 radical (unpaired) electrons. The van der Waals surface area contributed by atoms with Crippen LogP contribution in [-0.2, 0) is 0 Å². The summed E-state index contributed by atoms with van der Waals surface area (Å²) in [7, 11) is 17.6. The number of hydrogen-bond donors (Lipinski definition) is 0. The van der Waals surface area contributed by atoms with E-state index in [1.807, 2.05) is 116 Å². The van der Waals surface area contributed by atoms with Crippen LogP contribution in [0.4, 0.5) is 29.3 Å². The van der Waals surface area contributed by atoms with E-state index in [1.54, 1.807) is 76.7 Å². The standard InChI is InChI=1S/C14H18N2S.C13H16N2OS.2C12H13FN2S/c1-9-6-7-12(8-10(9)2)13-11(3)15-14(17-13)16(4)5;1-9-12(17-13(14-9)15(2)3)10-6-5-7-11(8-10)16-4;1-8-11(16-12(14-8)15(2)3)9-4-6-10(13)7-5-9;1-8-11(16-12(14-8)15(2)3)9-5-4-6-10(13)7-9/h6-8H,1-5H3;5-8H,1-4H3;2*4-7H,1-3H3. The van der Waals surface area contributed by atoms with E-state index < -0.39 is 0 Å². The number of aryl methyl sites for hydroxylation is 6. The van der Waals surface area contributed by atoms with Crippen LogP contribution in [0.1, 0.15) is 33.9 Å². The quantitative estimate of drug-likeness (QED) is 0.141. The van der Waals surface area contributed by atoms with Crippen molar-refractivity contribution in [3.8, 4) is 47.5 Å². The maximum atomic E-state index is 13.1. The molecule has 8 rings (SSSR count). The van der Waals surface area contributed by atoms with Crippen LogP contribution >= 0.6 is 45.3 Å². The Labute approximate surface area is 405 Å². The van der Waals surface area contributed by atoms with Gasteiger partial charge in [0.05, 0.1) is 49.4 Å². The van der Waals surface area contributed by atoms with Crippen molar-refractivity contribution < 1.29 is 13.5 Å². The minimum absolute atomic E-state index is 0.209. The zero-order valence-corrected chi connectivity index (χ0v) is 43.8. The van der Waals surface area contributed by atoms with E-state index >= 15 is 0 Å². The molecule has 66 heavy (non-hydrogen) atoms. The molecule has 0 aliphatic heterocycles. The van der Waals surface area contributed by atoms with Gasteiger partial charge in [0.25, 0.3) is 0 Å². The number of hydrogen-bond acceptors (Lipinski definition) is 13. The van der Waals surface area contributed by atoms with Crippen LogP contribution in [0.3, 0.4) is 0 Å². The van der Waals surface area contributed by atoms with Gasteiger partial charge in [-0.1, -0.05) is 99.9 Å². The van der Waals surface area contributed by atoms with Gasteiger partial charge in [0, 0.05) is 56.4 Å². The lowest BCUT2D eigenvalue weighted by Gasteiger charge is -2.05.